The summed E-state index contributed by atoms with van der Waals surface area (Å²) in [7, 11) is -1.31. The summed E-state index contributed by atoms with van der Waals surface area (Å²) in [5, 5.41) is 14.6. The Labute approximate surface area is 106 Å². The predicted octanol–water partition coefficient (Wildman–Crippen LogP) is 2.94. The molecule has 7 heteroatoms. The van der Waals surface area contributed by atoms with E-state index in [1.807, 2.05) is 0 Å². The summed E-state index contributed by atoms with van der Waals surface area (Å²) in [5.41, 5.74) is 0.238. The van der Waals surface area contributed by atoms with Crippen molar-refractivity contribution in [2.75, 3.05) is 6.61 Å². The highest BCUT2D eigenvalue weighted by Gasteiger charge is 2.26. The first-order valence-electron chi connectivity index (χ1n) is 5.68. The van der Waals surface area contributed by atoms with Gasteiger partial charge in [0.15, 0.2) is 11.8 Å². The van der Waals surface area contributed by atoms with E-state index in [-0.39, 0.29) is 11.4 Å². The Balaban J connectivity index is 2.64. The van der Waals surface area contributed by atoms with Crippen molar-refractivity contribution in [1.29, 1.82) is 5.26 Å². The molecule has 1 aromatic heterocycles. The molecule has 0 aliphatic rings. The van der Waals surface area contributed by atoms with Gasteiger partial charge in [0.05, 0.1) is 5.69 Å². The van der Waals surface area contributed by atoms with Gasteiger partial charge in [-0.2, -0.15) is 10.4 Å². The van der Waals surface area contributed by atoms with Gasteiger partial charge < -0.3 is 4.74 Å². The van der Waals surface area contributed by atoms with Crippen LogP contribution in [0.3, 0.4) is 0 Å². The van der Waals surface area contributed by atoms with Crippen LogP contribution in [0.15, 0.2) is 6.07 Å². The Morgan fingerprint density at radius 3 is 2.61 bits per heavy atom. The van der Waals surface area contributed by atoms with Gasteiger partial charge in [0.2, 0.25) is 0 Å². The minimum absolute atomic E-state index is 0.0875. The smallest absolute Gasteiger partial charge is 0.269 e. The van der Waals surface area contributed by atoms with E-state index in [1.165, 1.54) is 6.07 Å². The minimum atomic E-state index is -2.64. The van der Waals surface area contributed by atoms with E-state index in [4.69, 9.17) is 10.00 Å². The first-order valence-corrected chi connectivity index (χ1v) is 9.39. The van der Waals surface area contributed by atoms with Gasteiger partial charge in [0, 0.05) is 20.7 Å². The number of aromatic nitrogens is 2. The van der Waals surface area contributed by atoms with Crippen LogP contribution >= 0.6 is 0 Å². The zero-order chi connectivity index (χ0) is 13.8. The number of H-pyrrole nitrogens is 1. The molecule has 1 aromatic rings. The third-order valence-corrected chi connectivity index (χ3v) is 4.10. The van der Waals surface area contributed by atoms with Crippen LogP contribution in [0.25, 0.3) is 0 Å². The van der Waals surface area contributed by atoms with Crippen molar-refractivity contribution in [3.8, 4) is 6.07 Å². The summed E-state index contributed by atoms with van der Waals surface area (Å²) in [6.45, 7) is 6.75. The lowest BCUT2D eigenvalue weighted by Gasteiger charge is -2.19. The molecule has 0 radical (unpaired) electrons. The van der Waals surface area contributed by atoms with Crippen LogP contribution in [0.4, 0.5) is 8.78 Å². The molecule has 4 nitrogen and oxygen atoms in total. The standard InChI is InChI=1S/C11H17F2N3OSi/c1-18(2,3)5-4-17-10(11(12)13)9-6-8(7-14)15-16-9/h6,10-11H,4-5H2,1-3H3,(H,15,16). The topological polar surface area (TPSA) is 61.7 Å². The molecular weight excluding hydrogens is 256 g/mol. The largest absolute Gasteiger partial charge is 0.366 e. The van der Waals surface area contributed by atoms with Crippen LogP contribution in [-0.2, 0) is 4.74 Å². The van der Waals surface area contributed by atoms with Gasteiger partial charge in [-0.3, -0.25) is 5.10 Å². The fourth-order valence-electron chi connectivity index (χ4n) is 1.33. The molecule has 18 heavy (non-hydrogen) atoms. The molecule has 0 spiro atoms. The Hall–Kier alpha value is -1.26. The Kier molecular flexibility index (Phi) is 4.99. The predicted molar refractivity (Wildman–Crippen MR) is 66.2 cm³/mol. The average molecular weight is 273 g/mol. The second-order valence-corrected chi connectivity index (χ2v) is 10.9. The van der Waals surface area contributed by atoms with Gasteiger partial charge in [0.25, 0.3) is 6.43 Å². The molecule has 1 N–H and O–H groups in total. The Morgan fingerprint density at radius 1 is 1.50 bits per heavy atom. The van der Waals surface area contributed by atoms with E-state index in [2.05, 4.69) is 29.8 Å². The third-order valence-electron chi connectivity index (χ3n) is 2.40. The molecule has 0 bridgehead atoms. The van der Waals surface area contributed by atoms with E-state index >= 15 is 0 Å². The summed E-state index contributed by atoms with van der Waals surface area (Å²) in [4.78, 5) is 0. The molecule has 1 atom stereocenters. The van der Waals surface area contributed by atoms with Crippen molar-refractivity contribution in [3.63, 3.8) is 0 Å². The van der Waals surface area contributed by atoms with Crippen molar-refractivity contribution in [3.05, 3.63) is 17.5 Å². The molecule has 1 heterocycles. The molecule has 0 amide bonds. The second kappa shape index (κ2) is 6.07. The van der Waals surface area contributed by atoms with Crippen LogP contribution in [0.5, 0.6) is 0 Å². The van der Waals surface area contributed by atoms with Gasteiger partial charge in [-0.25, -0.2) is 8.78 Å². The van der Waals surface area contributed by atoms with Crippen molar-refractivity contribution < 1.29 is 13.5 Å². The highest BCUT2D eigenvalue weighted by atomic mass is 28.3. The number of nitrogens with one attached hydrogen (secondary N) is 1. The molecule has 0 aliphatic carbocycles. The second-order valence-electron chi connectivity index (χ2n) is 5.26. The Morgan fingerprint density at radius 2 is 2.17 bits per heavy atom. The molecule has 1 unspecified atom stereocenters. The zero-order valence-electron chi connectivity index (χ0n) is 10.7. The number of rotatable bonds is 6. The van der Waals surface area contributed by atoms with Gasteiger partial charge in [-0.05, 0) is 6.04 Å². The molecule has 1 rings (SSSR count). The maximum atomic E-state index is 12.9. The van der Waals surface area contributed by atoms with E-state index in [0.717, 1.165) is 6.04 Å². The van der Waals surface area contributed by atoms with Crippen molar-refractivity contribution in [2.24, 2.45) is 0 Å². The van der Waals surface area contributed by atoms with Crippen LogP contribution in [0.2, 0.25) is 25.7 Å². The van der Waals surface area contributed by atoms with Gasteiger partial charge in [-0.15, -0.1) is 0 Å². The average Bonchev–Trinajstić information content (AvgIpc) is 2.70. The van der Waals surface area contributed by atoms with Crippen LogP contribution in [0, 0.1) is 11.3 Å². The van der Waals surface area contributed by atoms with E-state index in [0.29, 0.717) is 6.61 Å². The number of ether oxygens (including phenoxy) is 1. The Bertz CT molecular complexity index is 423. The maximum Gasteiger partial charge on any atom is 0.269 e. The number of hydrogen-bond acceptors (Lipinski definition) is 3. The number of nitriles is 1. The summed E-state index contributed by atoms with van der Waals surface area (Å²) in [6.07, 6.45) is -3.98. The number of alkyl halides is 2. The van der Waals surface area contributed by atoms with Gasteiger partial charge in [-0.1, -0.05) is 19.6 Å². The van der Waals surface area contributed by atoms with Crippen molar-refractivity contribution >= 4 is 8.07 Å². The molecule has 0 aliphatic heterocycles. The lowest BCUT2D eigenvalue weighted by Crippen LogP contribution is -2.23. The van der Waals surface area contributed by atoms with Crippen molar-refractivity contribution in [2.45, 2.75) is 38.2 Å². The van der Waals surface area contributed by atoms with Crippen LogP contribution < -0.4 is 0 Å². The van der Waals surface area contributed by atoms with Crippen LogP contribution in [-0.4, -0.2) is 31.3 Å². The number of nitrogens with zero attached hydrogens (tertiary/aromatic N) is 2. The van der Waals surface area contributed by atoms with E-state index < -0.39 is 20.6 Å². The maximum absolute atomic E-state index is 12.9. The minimum Gasteiger partial charge on any atom is -0.366 e. The summed E-state index contributed by atoms with van der Waals surface area (Å²) in [6, 6.07) is 3.90. The summed E-state index contributed by atoms with van der Waals surface area (Å²) >= 11 is 0. The molecule has 0 fully saturated rings. The third kappa shape index (κ3) is 4.54. The number of hydrogen-bond donors (Lipinski definition) is 1. The molecule has 100 valence electrons. The van der Waals surface area contributed by atoms with E-state index in [9.17, 15) is 8.78 Å². The van der Waals surface area contributed by atoms with Gasteiger partial charge in [0.1, 0.15) is 6.07 Å². The summed E-state index contributed by atoms with van der Waals surface area (Å²) in [5.74, 6) is 0. The molecule has 0 aromatic carbocycles. The summed E-state index contributed by atoms with van der Waals surface area (Å²) < 4.78 is 31.0. The van der Waals surface area contributed by atoms with Crippen LogP contribution in [0.1, 0.15) is 17.5 Å². The monoisotopic (exact) mass is 273 g/mol. The fourth-order valence-corrected chi connectivity index (χ4v) is 2.06. The first kappa shape index (κ1) is 14.8. The molecule has 0 saturated heterocycles. The number of aromatic amines is 1. The van der Waals surface area contributed by atoms with Crippen molar-refractivity contribution in [1.82, 2.24) is 10.2 Å². The highest BCUT2D eigenvalue weighted by Crippen LogP contribution is 2.24. The SMILES string of the molecule is C[Si](C)(C)CCOC(c1cc(C#N)n[nH]1)C(F)F. The zero-order valence-corrected chi connectivity index (χ0v) is 11.7. The lowest BCUT2D eigenvalue weighted by molar-refractivity contribution is -0.0558. The number of halogens is 2. The molecule has 0 saturated carbocycles. The highest BCUT2D eigenvalue weighted by molar-refractivity contribution is 6.76. The lowest BCUT2D eigenvalue weighted by atomic mass is 10.2. The fraction of sp³-hybridized carbons (Fsp3) is 0.636. The molecular formula is C11H17F2N3OSi. The van der Waals surface area contributed by atoms with E-state index in [1.54, 1.807) is 6.07 Å². The normalized spacial score (nSPS) is 13.6. The first-order chi connectivity index (χ1) is 8.33. The van der Waals surface area contributed by atoms with Gasteiger partial charge >= 0.3 is 0 Å². The quantitative estimate of drug-likeness (QED) is 0.811.